The molecular weight excluding hydrogens is 262 g/mol. The highest BCUT2D eigenvalue weighted by molar-refractivity contribution is 5.43. The van der Waals surface area contributed by atoms with E-state index in [1.807, 2.05) is 13.8 Å². The van der Waals surface area contributed by atoms with Gasteiger partial charge in [-0.25, -0.2) is 0 Å². The Morgan fingerprint density at radius 2 is 1.85 bits per heavy atom. The minimum atomic E-state index is -1.17. The van der Waals surface area contributed by atoms with E-state index in [4.69, 9.17) is 15.0 Å². The van der Waals surface area contributed by atoms with Gasteiger partial charge in [0.15, 0.2) is 11.5 Å². The zero-order valence-corrected chi connectivity index (χ0v) is 11.6. The van der Waals surface area contributed by atoms with Crippen molar-refractivity contribution in [3.63, 3.8) is 0 Å². The van der Waals surface area contributed by atoms with Crippen LogP contribution in [0.15, 0.2) is 23.3 Å². The molecule has 0 aliphatic heterocycles. The molecule has 2 atom stereocenters. The van der Waals surface area contributed by atoms with Crippen molar-refractivity contribution in [1.29, 1.82) is 0 Å². The summed E-state index contributed by atoms with van der Waals surface area (Å²) in [6.07, 6.45) is -2.33. The van der Waals surface area contributed by atoms with Gasteiger partial charge in [0, 0.05) is 4.91 Å². The lowest BCUT2D eigenvalue weighted by molar-refractivity contribution is 0.0242. The van der Waals surface area contributed by atoms with Crippen LogP contribution in [0.4, 0.5) is 0 Å². The van der Waals surface area contributed by atoms with Gasteiger partial charge in [-0.15, -0.1) is 0 Å². The van der Waals surface area contributed by atoms with Gasteiger partial charge in [0.2, 0.25) is 0 Å². The molecule has 0 heterocycles. The number of hydrogen-bond acceptors (Lipinski definition) is 5. The van der Waals surface area contributed by atoms with Crippen LogP contribution in [-0.2, 0) is 0 Å². The number of benzene rings is 1. The average molecular weight is 281 g/mol. The zero-order chi connectivity index (χ0) is 15.0. The van der Waals surface area contributed by atoms with Crippen molar-refractivity contribution >= 4 is 0 Å². The molecule has 0 saturated carbocycles. The molecule has 0 radical (unpaired) electrons. The number of aliphatic hydroxyl groups excluding tert-OH is 2. The molecule has 7 nitrogen and oxygen atoms in total. The van der Waals surface area contributed by atoms with Crippen molar-refractivity contribution in [3.05, 3.63) is 34.2 Å². The molecule has 0 saturated heterocycles. The molecule has 0 aromatic heterocycles. The monoisotopic (exact) mass is 281 g/mol. The molecule has 0 bridgehead atoms. The molecule has 1 aromatic rings. The highest BCUT2D eigenvalue weighted by Gasteiger charge is 2.19. The number of nitrogens with zero attached hydrogens (tertiary/aromatic N) is 3. The van der Waals surface area contributed by atoms with Crippen LogP contribution in [-0.4, -0.2) is 36.1 Å². The number of rotatable bonds is 8. The molecule has 2 unspecified atom stereocenters. The van der Waals surface area contributed by atoms with Gasteiger partial charge in [0.1, 0.15) is 6.10 Å². The van der Waals surface area contributed by atoms with Crippen molar-refractivity contribution in [2.75, 3.05) is 19.8 Å². The topological polar surface area (TPSA) is 108 Å². The fraction of sp³-hybridized carbons (Fsp3) is 0.538. The second-order valence-electron chi connectivity index (χ2n) is 4.00. The maximum absolute atomic E-state index is 10.00. The van der Waals surface area contributed by atoms with Crippen molar-refractivity contribution in [1.82, 2.24) is 0 Å². The van der Waals surface area contributed by atoms with Crippen molar-refractivity contribution < 1.29 is 19.7 Å². The first-order valence-corrected chi connectivity index (χ1v) is 6.40. The molecule has 110 valence electrons. The van der Waals surface area contributed by atoms with Crippen LogP contribution in [0.3, 0.4) is 0 Å². The number of azide groups is 1. The van der Waals surface area contributed by atoms with E-state index in [1.165, 1.54) is 0 Å². The summed E-state index contributed by atoms with van der Waals surface area (Å²) in [5, 5.41) is 22.9. The molecular formula is C13H19N3O4. The summed E-state index contributed by atoms with van der Waals surface area (Å²) in [6, 6.07) is 4.92. The maximum Gasteiger partial charge on any atom is 0.161 e. The fourth-order valence-corrected chi connectivity index (χ4v) is 1.69. The predicted molar refractivity (Wildman–Crippen MR) is 73.8 cm³/mol. The van der Waals surface area contributed by atoms with Crippen LogP contribution in [0.1, 0.15) is 25.5 Å². The summed E-state index contributed by atoms with van der Waals surface area (Å²) in [5.41, 5.74) is 8.68. The van der Waals surface area contributed by atoms with E-state index in [9.17, 15) is 10.2 Å². The average Bonchev–Trinajstić information content (AvgIpc) is 2.46. The third-order valence-corrected chi connectivity index (χ3v) is 2.61. The van der Waals surface area contributed by atoms with Gasteiger partial charge in [-0.3, -0.25) is 0 Å². The standard InChI is InChI=1S/C13H19N3O4/c1-3-19-11-6-5-9(7-12(11)20-4-2)13(18)10(17)8-15-16-14/h5-7,10,13,17-18H,3-4,8H2,1-2H3. The summed E-state index contributed by atoms with van der Waals surface area (Å²) in [5.74, 6) is 1.08. The Balaban J connectivity index is 2.94. The van der Waals surface area contributed by atoms with E-state index in [0.717, 1.165) is 0 Å². The largest absolute Gasteiger partial charge is 0.490 e. The van der Waals surface area contributed by atoms with Crippen molar-refractivity contribution in [2.45, 2.75) is 26.1 Å². The first-order chi connectivity index (χ1) is 9.63. The summed E-state index contributed by atoms with van der Waals surface area (Å²) in [4.78, 5) is 2.55. The first kappa shape index (κ1) is 16.1. The Bertz CT molecular complexity index is 475. The van der Waals surface area contributed by atoms with Crippen LogP contribution >= 0.6 is 0 Å². The molecule has 0 amide bonds. The minimum Gasteiger partial charge on any atom is -0.490 e. The number of aliphatic hydroxyl groups is 2. The lowest BCUT2D eigenvalue weighted by Gasteiger charge is -2.18. The molecule has 1 aromatic carbocycles. The molecule has 20 heavy (non-hydrogen) atoms. The van der Waals surface area contributed by atoms with Gasteiger partial charge in [-0.05, 0) is 37.1 Å². The third kappa shape index (κ3) is 4.31. The van der Waals surface area contributed by atoms with Gasteiger partial charge < -0.3 is 19.7 Å². The van der Waals surface area contributed by atoms with E-state index < -0.39 is 12.2 Å². The first-order valence-electron chi connectivity index (χ1n) is 6.40. The Morgan fingerprint density at radius 1 is 1.20 bits per heavy atom. The second kappa shape index (κ2) is 8.27. The van der Waals surface area contributed by atoms with E-state index in [2.05, 4.69) is 10.0 Å². The van der Waals surface area contributed by atoms with Crippen LogP contribution < -0.4 is 9.47 Å². The number of hydrogen-bond donors (Lipinski definition) is 2. The number of ether oxygens (including phenoxy) is 2. The quantitative estimate of drug-likeness (QED) is 0.432. The van der Waals surface area contributed by atoms with Gasteiger partial charge in [-0.2, -0.15) is 0 Å². The van der Waals surface area contributed by atoms with Gasteiger partial charge in [-0.1, -0.05) is 11.2 Å². The molecule has 0 aliphatic carbocycles. The van der Waals surface area contributed by atoms with Gasteiger partial charge in [0.25, 0.3) is 0 Å². The third-order valence-electron chi connectivity index (χ3n) is 2.61. The summed E-state index contributed by atoms with van der Waals surface area (Å²) in [7, 11) is 0. The Hall–Kier alpha value is -1.95. The van der Waals surface area contributed by atoms with E-state index in [0.29, 0.717) is 30.3 Å². The summed E-state index contributed by atoms with van der Waals surface area (Å²) < 4.78 is 10.9. The lowest BCUT2D eigenvalue weighted by atomic mass is 10.0. The smallest absolute Gasteiger partial charge is 0.161 e. The lowest BCUT2D eigenvalue weighted by Crippen LogP contribution is -2.21. The Kier molecular flexibility index (Phi) is 6.66. The van der Waals surface area contributed by atoms with Crippen LogP contribution in [0.25, 0.3) is 10.4 Å². The van der Waals surface area contributed by atoms with Crippen molar-refractivity contribution in [3.8, 4) is 11.5 Å². The molecule has 2 N–H and O–H groups in total. The van der Waals surface area contributed by atoms with E-state index >= 15 is 0 Å². The maximum atomic E-state index is 10.00. The van der Waals surface area contributed by atoms with Crippen LogP contribution in [0, 0.1) is 0 Å². The fourth-order valence-electron chi connectivity index (χ4n) is 1.69. The summed E-state index contributed by atoms with van der Waals surface area (Å²) >= 11 is 0. The van der Waals surface area contributed by atoms with Gasteiger partial charge in [0.05, 0.1) is 25.9 Å². The summed E-state index contributed by atoms with van der Waals surface area (Å²) in [6.45, 7) is 4.47. The SMILES string of the molecule is CCOc1ccc(C(O)C(O)CN=[N+]=[N-])cc1OCC. The van der Waals surface area contributed by atoms with Gasteiger partial charge >= 0.3 is 0 Å². The predicted octanol–water partition coefficient (Wildman–Crippen LogP) is 2.19. The molecule has 0 aliphatic rings. The molecule has 0 spiro atoms. The van der Waals surface area contributed by atoms with Crippen LogP contribution in [0.2, 0.25) is 0 Å². The van der Waals surface area contributed by atoms with E-state index in [-0.39, 0.29) is 6.54 Å². The van der Waals surface area contributed by atoms with Crippen molar-refractivity contribution in [2.24, 2.45) is 5.11 Å². The Labute approximate surface area is 117 Å². The van der Waals surface area contributed by atoms with E-state index in [1.54, 1.807) is 18.2 Å². The minimum absolute atomic E-state index is 0.200. The highest BCUT2D eigenvalue weighted by atomic mass is 16.5. The highest BCUT2D eigenvalue weighted by Crippen LogP contribution is 2.31. The second-order valence-corrected chi connectivity index (χ2v) is 4.00. The molecule has 7 heteroatoms. The molecule has 1 rings (SSSR count). The normalized spacial score (nSPS) is 13.2. The molecule has 0 fully saturated rings. The Morgan fingerprint density at radius 3 is 2.45 bits per heavy atom. The van der Waals surface area contributed by atoms with Crippen LogP contribution in [0.5, 0.6) is 11.5 Å². The zero-order valence-electron chi connectivity index (χ0n) is 11.6.